The first kappa shape index (κ1) is 17.1. The van der Waals surface area contributed by atoms with Crippen LogP contribution in [0.5, 0.6) is 0 Å². The second-order valence-corrected chi connectivity index (χ2v) is 10.5. The van der Waals surface area contributed by atoms with Gasteiger partial charge >= 0.3 is 0 Å². The van der Waals surface area contributed by atoms with Crippen molar-refractivity contribution in [3.05, 3.63) is 24.6 Å². The molecule has 0 bridgehead atoms. The molecule has 1 saturated heterocycles. The standard InChI is InChI=1S/C15H29N3OSi/c1-6-8-15(16-7-2)18-11-9-14(13-18)17-10-12-19-20(3,4)5/h6-8,14,17H,1,9-13H2,2-5H3/b15-8+,16-7-/t14-/m1/s1. The first-order valence-corrected chi connectivity index (χ1v) is 10.8. The predicted molar refractivity (Wildman–Crippen MR) is 89.7 cm³/mol. The molecule has 0 unspecified atom stereocenters. The summed E-state index contributed by atoms with van der Waals surface area (Å²) in [6, 6.07) is 0.528. The fraction of sp³-hybridized carbons (Fsp3) is 0.667. The van der Waals surface area contributed by atoms with Crippen LogP contribution in [0.1, 0.15) is 13.3 Å². The van der Waals surface area contributed by atoms with Crippen LogP contribution in [0, 0.1) is 0 Å². The number of aliphatic imine (C=N–C) groups is 1. The Hall–Kier alpha value is -0.913. The van der Waals surface area contributed by atoms with Crippen LogP contribution in [-0.2, 0) is 4.43 Å². The lowest BCUT2D eigenvalue weighted by molar-refractivity contribution is 0.298. The summed E-state index contributed by atoms with van der Waals surface area (Å²) in [6.45, 7) is 16.2. The lowest BCUT2D eigenvalue weighted by Crippen LogP contribution is -2.36. The maximum Gasteiger partial charge on any atom is 0.183 e. The van der Waals surface area contributed by atoms with Gasteiger partial charge < -0.3 is 14.6 Å². The van der Waals surface area contributed by atoms with E-state index in [2.05, 4.69) is 41.4 Å². The van der Waals surface area contributed by atoms with Crippen molar-refractivity contribution in [3.8, 4) is 0 Å². The maximum absolute atomic E-state index is 5.86. The van der Waals surface area contributed by atoms with E-state index in [9.17, 15) is 0 Å². The van der Waals surface area contributed by atoms with Crippen LogP contribution in [0.3, 0.4) is 0 Å². The molecule has 1 aliphatic rings. The summed E-state index contributed by atoms with van der Waals surface area (Å²) in [6.07, 6.45) is 6.75. The first-order valence-electron chi connectivity index (χ1n) is 7.40. The summed E-state index contributed by atoms with van der Waals surface area (Å²) >= 11 is 0. The summed E-state index contributed by atoms with van der Waals surface area (Å²) in [7, 11) is -1.38. The number of likely N-dealkylation sites (tertiary alicyclic amines) is 1. The molecule has 0 radical (unpaired) electrons. The van der Waals surface area contributed by atoms with Crippen molar-refractivity contribution in [2.45, 2.75) is 39.0 Å². The predicted octanol–water partition coefficient (Wildman–Crippen LogP) is 2.62. The molecule has 0 aliphatic carbocycles. The Bertz CT molecular complexity index is 361. The van der Waals surface area contributed by atoms with E-state index in [4.69, 9.17) is 4.43 Å². The molecule has 0 saturated carbocycles. The fourth-order valence-corrected chi connectivity index (χ4v) is 2.94. The van der Waals surface area contributed by atoms with Gasteiger partial charge in [0.15, 0.2) is 8.32 Å². The second-order valence-electron chi connectivity index (χ2n) is 5.99. The number of hydrogen-bond acceptors (Lipinski definition) is 4. The average Bonchev–Trinajstić information content (AvgIpc) is 2.82. The first-order chi connectivity index (χ1) is 9.46. The molecule has 1 atom stereocenters. The molecule has 0 aromatic carbocycles. The zero-order chi connectivity index (χ0) is 15.0. The lowest BCUT2D eigenvalue weighted by Gasteiger charge is -2.20. The van der Waals surface area contributed by atoms with Gasteiger partial charge in [-0.15, -0.1) is 0 Å². The molecular weight excluding hydrogens is 266 g/mol. The molecular formula is C15H29N3OSi. The largest absolute Gasteiger partial charge is 0.416 e. The van der Waals surface area contributed by atoms with Crippen molar-refractivity contribution < 1.29 is 4.43 Å². The summed E-state index contributed by atoms with van der Waals surface area (Å²) in [5.41, 5.74) is 0. The molecule has 0 aromatic rings. The Balaban J connectivity index is 2.32. The van der Waals surface area contributed by atoms with Gasteiger partial charge in [-0.05, 0) is 39.1 Å². The Morgan fingerprint density at radius 3 is 2.85 bits per heavy atom. The van der Waals surface area contributed by atoms with Gasteiger partial charge in [-0.25, -0.2) is 4.99 Å². The van der Waals surface area contributed by atoms with E-state index in [1.54, 1.807) is 6.08 Å². The minimum atomic E-state index is -1.38. The summed E-state index contributed by atoms with van der Waals surface area (Å²) in [5.74, 6) is 1.00. The van der Waals surface area contributed by atoms with Crippen molar-refractivity contribution in [1.82, 2.24) is 10.2 Å². The van der Waals surface area contributed by atoms with E-state index in [1.165, 1.54) is 0 Å². The van der Waals surface area contributed by atoms with Crippen LogP contribution < -0.4 is 5.32 Å². The normalized spacial score (nSPS) is 20.9. The van der Waals surface area contributed by atoms with Gasteiger partial charge in [-0.3, -0.25) is 0 Å². The Morgan fingerprint density at radius 1 is 1.50 bits per heavy atom. The number of nitrogens with zero attached hydrogens (tertiary/aromatic N) is 2. The quantitative estimate of drug-likeness (QED) is 0.324. The van der Waals surface area contributed by atoms with Gasteiger partial charge in [-0.1, -0.05) is 12.7 Å². The molecule has 0 aromatic heterocycles. The summed E-state index contributed by atoms with van der Waals surface area (Å²) in [4.78, 5) is 6.71. The van der Waals surface area contributed by atoms with E-state index < -0.39 is 8.32 Å². The molecule has 0 amide bonds. The minimum absolute atomic E-state index is 0.528. The van der Waals surface area contributed by atoms with E-state index in [-0.39, 0.29) is 0 Å². The highest BCUT2D eigenvalue weighted by Crippen LogP contribution is 2.16. The van der Waals surface area contributed by atoms with Gasteiger partial charge in [0, 0.05) is 38.5 Å². The molecule has 1 N–H and O–H groups in total. The number of hydrogen-bond donors (Lipinski definition) is 1. The molecule has 4 nitrogen and oxygen atoms in total. The van der Waals surface area contributed by atoms with Crippen LogP contribution >= 0.6 is 0 Å². The number of nitrogens with one attached hydrogen (secondary N) is 1. The SMILES string of the molecule is C=C/C=C(\N=C/C)N1CC[C@@H](NCCO[Si](C)(C)C)C1. The highest BCUT2D eigenvalue weighted by molar-refractivity contribution is 6.69. The van der Waals surface area contributed by atoms with Crippen molar-refractivity contribution in [3.63, 3.8) is 0 Å². The van der Waals surface area contributed by atoms with Gasteiger partial charge in [0.2, 0.25) is 0 Å². The van der Waals surface area contributed by atoms with Crippen LogP contribution in [0.2, 0.25) is 19.6 Å². The third-order valence-corrected chi connectivity index (χ3v) is 4.18. The van der Waals surface area contributed by atoms with E-state index in [0.29, 0.717) is 6.04 Å². The average molecular weight is 296 g/mol. The molecule has 5 heteroatoms. The van der Waals surface area contributed by atoms with Crippen molar-refractivity contribution in [2.75, 3.05) is 26.2 Å². The minimum Gasteiger partial charge on any atom is -0.416 e. The molecule has 1 rings (SSSR count). The van der Waals surface area contributed by atoms with Gasteiger partial charge in [0.25, 0.3) is 0 Å². The van der Waals surface area contributed by atoms with Gasteiger partial charge in [-0.2, -0.15) is 0 Å². The van der Waals surface area contributed by atoms with E-state index in [1.807, 2.05) is 19.2 Å². The van der Waals surface area contributed by atoms with Gasteiger partial charge in [0.1, 0.15) is 5.82 Å². The van der Waals surface area contributed by atoms with E-state index in [0.717, 1.165) is 38.5 Å². The molecule has 20 heavy (non-hydrogen) atoms. The van der Waals surface area contributed by atoms with Crippen LogP contribution in [0.4, 0.5) is 0 Å². The third kappa shape index (κ3) is 6.50. The van der Waals surface area contributed by atoms with E-state index >= 15 is 0 Å². The maximum atomic E-state index is 5.86. The molecule has 1 fully saturated rings. The number of rotatable bonds is 8. The van der Waals surface area contributed by atoms with Crippen molar-refractivity contribution in [2.24, 2.45) is 4.99 Å². The summed E-state index contributed by atoms with van der Waals surface area (Å²) in [5, 5.41) is 3.57. The highest BCUT2D eigenvalue weighted by Gasteiger charge is 2.23. The van der Waals surface area contributed by atoms with Crippen LogP contribution in [0.15, 0.2) is 29.5 Å². The van der Waals surface area contributed by atoms with Crippen LogP contribution in [0.25, 0.3) is 0 Å². The van der Waals surface area contributed by atoms with Gasteiger partial charge in [0.05, 0.1) is 0 Å². The monoisotopic (exact) mass is 295 g/mol. The molecule has 114 valence electrons. The van der Waals surface area contributed by atoms with Crippen molar-refractivity contribution in [1.29, 1.82) is 0 Å². The Morgan fingerprint density at radius 2 is 2.25 bits per heavy atom. The fourth-order valence-electron chi connectivity index (χ4n) is 2.22. The smallest absolute Gasteiger partial charge is 0.183 e. The zero-order valence-corrected chi connectivity index (χ0v) is 14.4. The molecule has 1 heterocycles. The topological polar surface area (TPSA) is 36.9 Å². The third-order valence-electron chi connectivity index (χ3n) is 3.11. The summed E-state index contributed by atoms with van der Waals surface area (Å²) < 4.78 is 5.86. The molecule has 0 spiro atoms. The highest BCUT2D eigenvalue weighted by atomic mass is 28.4. The Labute approximate surface area is 124 Å². The second kappa shape index (κ2) is 8.39. The zero-order valence-electron chi connectivity index (χ0n) is 13.4. The Kier molecular flexibility index (Phi) is 7.19. The van der Waals surface area contributed by atoms with Crippen LogP contribution in [-0.4, -0.2) is 51.7 Å². The van der Waals surface area contributed by atoms with Crippen molar-refractivity contribution >= 4 is 14.5 Å². The number of allylic oxidation sites excluding steroid dienone is 2. The lowest BCUT2D eigenvalue weighted by atomic mass is 10.3. The molecule has 1 aliphatic heterocycles.